The summed E-state index contributed by atoms with van der Waals surface area (Å²) in [6, 6.07) is 0. The molecule has 250 valence electrons. The minimum Gasteiger partial charge on any atom is -0.481 e. The zero-order valence-corrected chi connectivity index (χ0v) is 28.0. The molecule has 13 atom stereocenters. The first-order valence-corrected chi connectivity index (χ1v) is 17.3. The molecule has 1 saturated heterocycles. The number of fused-ring (bicyclic) bond motifs is 7. The van der Waals surface area contributed by atoms with Gasteiger partial charge < -0.3 is 35.0 Å². The number of hydrogen-bond donors (Lipinski definition) is 5. The second kappa shape index (κ2) is 10.5. The molecule has 0 bridgehead atoms. The molecular weight excluding hydrogens is 560 g/mol. The van der Waals surface area contributed by atoms with E-state index in [9.17, 15) is 30.3 Å². The molecule has 1 aliphatic heterocycles. The molecule has 0 aromatic carbocycles. The van der Waals surface area contributed by atoms with Crippen LogP contribution in [0, 0.1) is 50.2 Å². The van der Waals surface area contributed by atoms with Crippen LogP contribution in [0.5, 0.6) is 0 Å². The van der Waals surface area contributed by atoms with Crippen molar-refractivity contribution in [3.05, 3.63) is 11.6 Å². The fourth-order valence-electron chi connectivity index (χ4n) is 12.2. The van der Waals surface area contributed by atoms with Crippen LogP contribution < -0.4 is 0 Å². The lowest BCUT2D eigenvalue weighted by molar-refractivity contribution is -0.330. The number of aliphatic carboxylic acids is 1. The zero-order valence-electron chi connectivity index (χ0n) is 28.0. The van der Waals surface area contributed by atoms with E-state index >= 15 is 0 Å². The Balaban J connectivity index is 1.29. The topological polar surface area (TPSA) is 137 Å². The number of aliphatic hydroxyl groups is 4. The number of allylic oxidation sites excluding steroid dienone is 2. The molecule has 6 rings (SSSR count). The first kappa shape index (κ1) is 32.9. The average Bonchev–Trinajstić information content (AvgIpc) is 2.94. The average molecular weight is 619 g/mol. The van der Waals surface area contributed by atoms with E-state index in [2.05, 4.69) is 54.5 Å². The van der Waals surface area contributed by atoms with Crippen LogP contribution in [0.1, 0.15) is 113 Å². The maximum Gasteiger partial charge on any atom is 0.310 e. The molecule has 0 unspecified atom stereocenters. The van der Waals surface area contributed by atoms with Crippen LogP contribution in [0.25, 0.3) is 0 Å². The smallest absolute Gasteiger partial charge is 0.310 e. The quantitative estimate of drug-likeness (QED) is 0.218. The van der Waals surface area contributed by atoms with Crippen LogP contribution >= 0.6 is 0 Å². The summed E-state index contributed by atoms with van der Waals surface area (Å²) >= 11 is 0. The molecule has 5 fully saturated rings. The van der Waals surface area contributed by atoms with Gasteiger partial charge in [-0.1, -0.05) is 60.1 Å². The summed E-state index contributed by atoms with van der Waals surface area (Å²) in [6.45, 7) is 16.2. The van der Waals surface area contributed by atoms with Crippen molar-refractivity contribution in [2.75, 3.05) is 6.61 Å². The number of carbonyl (C=O) groups is 1. The predicted octanol–water partition coefficient (Wildman–Crippen LogP) is 5.06. The summed E-state index contributed by atoms with van der Waals surface area (Å²) in [5.41, 5.74) is 0.809. The van der Waals surface area contributed by atoms with Gasteiger partial charge in [0.15, 0.2) is 6.29 Å². The summed E-state index contributed by atoms with van der Waals surface area (Å²) in [5.74, 6) is 0.336. The van der Waals surface area contributed by atoms with E-state index in [1.54, 1.807) is 0 Å². The highest BCUT2D eigenvalue weighted by Gasteiger charge is 2.69. The first-order valence-electron chi connectivity index (χ1n) is 17.3. The van der Waals surface area contributed by atoms with E-state index in [-0.39, 0.29) is 39.1 Å². The molecule has 44 heavy (non-hydrogen) atoms. The van der Waals surface area contributed by atoms with Crippen LogP contribution in [-0.4, -0.2) is 74.9 Å². The van der Waals surface area contributed by atoms with Crippen LogP contribution in [0.15, 0.2) is 11.6 Å². The second-order valence-corrected chi connectivity index (χ2v) is 17.9. The molecule has 5 aliphatic carbocycles. The van der Waals surface area contributed by atoms with Crippen LogP contribution in [0.4, 0.5) is 0 Å². The minimum absolute atomic E-state index is 0.0330. The lowest BCUT2D eigenvalue weighted by Crippen LogP contribution is -2.66. The highest BCUT2D eigenvalue weighted by Crippen LogP contribution is 2.76. The summed E-state index contributed by atoms with van der Waals surface area (Å²) in [6.07, 6.45) is 5.19. The molecule has 4 saturated carbocycles. The summed E-state index contributed by atoms with van der Waals surface area (Å²) in [5, 5.41) is 51.7. The Morgan fingerprint density at radius 1 is 0.886 bits per heavy atom. The third kappa shape index (κ3) is 4.40. The van der Waals surface area contributed by atoms with Gasteiger partial charge in [-0.2, -0.15) is 0 Å². The lowest BCUT2D eigenvalue weighted by atomic mass is 9.33. The van der Waals surface area contributed by atoms with Gasteiger partial charge in [0.05, 0.1) is 18.1 Å². The summed E-state index contributed by atoms with van der Waals surface area (Å²) < 4.78 is 12.2. The van der Waals surface area contributed by atoms with E-state index in [1.165, 1.54) is 5.57 Å². The van der Waals surface area contributed by atoms with Crippen molar-refractivity contribution < 1.29 is 39.8 Å². The minimum atomic E-state index is -1.45. The molecule has 1 heterocycles. The van der Waals surface area contributed by atoms with Gasteiger partial charge in [0.25, 0.3) is 0 Å². The summed E-state index contributed by atoms with van der Waals surface area (Å²) in [7, 11) is 0. The highest BCUT2D eigenvalue weighted by molar-refractivity contribution is 5.76. The first-order chi connectivity index (χ1) is 20.4. The van der Waals surface area contributed by atoms with Gasteiger partial charge in [-0.05, 0) is 109 Å². The number of rotatable bonds is 4. The summed E-state index contributed by atoms with van der Waals surface area (Å²) in [4.78, 5) is 12.9. The molecule has 0 aromatic heterocycles. The molecule has 0 radical (unpaired) electrons. The third-order valence-electron chi connectivity index (χ3n) is 15.1. The number of aliphatic hydroxyl groups excluding tert-OH is 4. The number of carboxylic acids is 1. The van der Waals surface area contributed by atoms with Crippen LogP contribution in [-0.2, 0) is 14.3 Å². The van der Waals surface area contributed by atoms with Crippen molar-refractivity contribution in [1.82, 2.24) is 0 Å². The third-order valence-corrected chi connectivity index (χ3v) is 15.1. The molecule has 0 aromatic rings. The monoisotopic (exact) mass is 618 g/mol. The Labute approximate surface area is 263 Å². The maximum absolute atomic E-state index is 12.9. The standard InChI is InChI=1S/C36H58O8/c1-31(2)14-16-36(30(41)42)17-15-34(6)20(21(36)18-31)8-9-24-33(5)12-11-25(32(3,4)23(33)10-13-35(24,34)7)44-29-28(40)27(39)26(38)22(19-37)43-29/h8,21-29,37-40H,9-19H2,1-7H3,(H,41,42)/t21-,22+,23-,24-,25+,26-,27-,28-,29-,33-,34+,35+,36+/m1/s1. The Bertz CT molecular complexity index is 1180. The van der Waals surface area contributed by atoms with Gasteiger partial charge in [0.1, 0.15) is 24.4 Å². The van der Waals surface area contributed by atoms with Gasteiger partial charge in [-0.15, -0.1) is 0 Å². The molecule has 0 spiro atoms. The fourth-order valence-corrected chi connectivity index (χ4v) is 12.2. The van der Waals surface area contributed by atoms with Crippen molar-refractivity contribution in [3.8, 4) is 0 Å². The van der Waals surface area contributed by atoms with Gasteiger partial charge in [0, 0.05) is 0 Å². The molecule has 6 aliphatic rings. The molecule has 8 nitrogen and oxygen atoms in total. The Morgan fingerprint density at radius 2 is 1.57 bits per heavy atom. The van der Waals surface area contributed by atoms with Crippen molar-refractivity contribution in [1.29, 1.82) is 0 Å². The molecule has 0 amide bonds. The largest absolute Gasteiger partial charge is 0.481 e. The van der Waals surface area contributed by atoms with Crippen LogP contribution in [0.3, 0.4) is 0 Å². The predicted molar refractivity (Wildman–Crippen MR) is 165 cm³/mol. The van der Waals surface area contributed by atoms with E-state index in [1.807, 2.05) is 0 Å². The zero-order chi connectivity index (χ0) is 32.3. The van der Waals surface area contributed by atoms with Gasteiger partial charge in [0.2, 0.25) is 0 Å². The van der Waals surface area contributed by atoms with E-state index in [0.717, 1.165) is 64.2 Å². The Morgan fingerprint density at radius 3 is 2.23 bits per heavy atom. The van der Waals surface area contributed by atoms with Crippen molar-refractivity contribution in [2.45, 2.75) is 149 Å². The van der Waals surface area contributed by atoms with Crippen LogP contribution in [0.2, 0.25) is 0 Å². The molecule has 5 N–H and O–H groups in total. The fraction of sp³-hybridized carbons (Fsp3) is 0.917. The van der Waals surface area contributed by atoms with Gasteiger partial charge in [-0.25, -0.2) is 0 Å². The van der Waals surface area contributed by atoms with E-state index < -0.39 is 48.7 Å². The van der Waals surface area contributed by atoms with Crippen molar-refractivity contribution in [2.24, 2.45) is 50.2 Å². The van der Waals surface area contributed by atoms with Crippen molar-refractivity contribution >= 4 is 5.97 Å². The van der Waals surface area contributed by atoms with E-state index in [0.29, 0.717) is 11.8 Å². The SMILES string of the molecule is CC1(C)CC[C@]2(C(=O)O)CC[C@@]3(C)C(=CC[C@@H]4[C@]5(C)CC[C@H](O[C@H]6O[C@@H](CO)[C@@H](O)[C@@H](O)[C@H]6O)C(C)(C)[C@H]5CC[C@@]43C)[C@H]2C1. The Hall–Kier alpha value is -1.03. The number of hydrogen-bond acceptors (Lipinski definition) is 7. The van der Waals surface area contributed by atoms with Gasteiger partial charge in [-0.3, -0.25) is 4.79 Å². The Kier molecular flexibility index (Phi) is 7.84. The maximum atomic E-state index is 12.9. The molecule has 8 heteroatoms. The number of carboxylic acid groups (broad SMARTS) is 1. The highest BCUT2D eigenvalue weighted by atomic mass is 16.7. The van der Waals surface area contributed by atoms with Crippen molar-refractivity contribution in [3.63, 3.8) is 0 Å². The lowest BCUT2D eigenvalue weighted by Gasteiger charge is -2.71. The van der Waals surface area contributed by atoms with E-state index in [4.69, 9.17) is 9.47 Å². The molecular formula is C36H58O8. The van der Waals surface area contributed by atoms with Gasteiger partial charge >= 0.3 is 5.97 Å². The second-order valence-electron chi connectivity index (χ2n) is 17.9. The normalized spacial score (nSPS) is 52.9. The number of ether oxygens (including phenoxy) is 2.